The lowest BCUT2D eigenvalue weighted by Crippen LogP contribution is -2.10. The fourth-order valence-electron chi connectivity index (χ4n) is 1.68. The third kappa shape index (κ3) is 3.49. The Morgan fingerprint density at radius 1 is 1.46 bits per heavy atom. The molecule has 0 bridgehead atoms. The van der Waals surface area contributed by atoms with Crippen molar-refractivity contribution in [1.29, 1.82) is 0 Å². The lowest BCUT2D eigenvalue weighted by atomic mass is 9.99. The van der Waals surface area contributed by atoms with Crippen LogP contribution in [0.3, 0.4) is 0 Å². The predicted octanol–water partition coefficient (Wildman–Crippen LogP) is 2.15. The van der Waals surface area contributed by atoms with E-state index in [4.69, 9.17) is 5.73 Å². The number of nitrogens with zero attached hydrogens (tertiary/aromatic N) is 2. The second kappa shape index (κ2) is 4.30. The molecule has 0 aliphatic carbocycles. The maximum absolute atomic E-state index is 5.57. The average Bonchev–Trinajstić information content (AvgIpc) is 2.33. The monoisotopic (exact) mass is 181 g/mol. The maximum atomic E-state index is 5.57. The number of aromatic nitrogens is 2. The van der Waals surface area contributed by atoms with Crippen LogP contribution >= 0.6 is 0 Å². The molecule has 13 heavy (non-hydrogen) atoms. The summed E-state index contributed by atoms with van der Waals surface area (Å²) < 4.78 is 1.92. The summed E-state index contributed by atoms with van der Waals surface area (Å²) in [5, 5.41) is 4.15. The lowest BCUT2D eigenvalue weighted by Gasteiger charge is -2.13. The number of anilines is 1. The Hall–Kier alpha value is -0.990. The van der Waals surface area contributed by atoms with E-state index in [-0.39, 0.29) is 0 Å². The fourth-order valence-corrected chi connectivity index (χ4v) is 1.68. The minimum absolute atomic E-state index is 0.666. The van der Waals surface area contributed by atoms with Gasteiger partial charge in [0.1, 0.15) is 0 Å². The first-order chi connectivity index (χ1) is 6.08. The largest absolute Gasteiger partial charge is 0.396 e. The lowest BCUT2D eigenvalue weighted by molar-refractivity contribution is 0.373. The van der Waals surface area contributed by atoms with Gasteiger partial charge < -0.3 is 5.73 Å². The van der Waals surface area contributed by atoms with Crippen molar-refractivity contribution in [2.75, 3.05) is 5.73 Å². The molecule has 1 rings (SSSR count). The molecular formula is C10H19N3. The second-order valence-corrected chi connectivity index (χ2v) is 4.23. The number of hydrogen-bond acceptors (Lipinski definition) is 2. The van der Waals surface area contributed by atoms with Gasteiger partial charge in [-0.05, 0) is 18.3 Å². The van der Waals surface area contributed by atoms with Gasteiger partial charge in [0.25, 0.3) is 0 Å². The smallest absolute Gasteiger partial charge is 0.0719 e. The average molecular weight is 181 g/mol. The highest BCUT2D eigenvalue weighted by Gasteiger charge is 2.06. The summed E-state index contributed by atoms with van der Waals surface area (Å²) in [7, 11) is 0. The van der Waals surface area contributed by atoms with Crippen LogP contribution in [0.5, 0.6) is 0 Å². The molecule has 3 heteroatoms. The Kier molecular flexibility index (Phi) is 3.34. The molecule has 0 amide bonds. The van der Waals surface area contributed by atoms with Crippen LogP contribution in [0.15, 0.2) is 12.4 Å². The number of rotatable bonds is 4. The van der Waals surface area contributed by atoms with Crippen molar-refractivity contribution in [3.05, 3.63) is 12.4 Å². The van der Waals surface area contributed by atoms with Crippen LogP contribution in [-0.2, 0) is 6.54 Å². The van der Waals surface area contributed by atoms with Crippen molar-refractivity contribution in [1.82, 2.24) is 9.78 Å². The van der Waals surface area contributed by atoms with Gasteiger partial charge in [0.2, 0.25) is 0 Å². The van der Waals surface area contributed by atoms with E-state index in [0.717, 1.165) is 18.2 Å². The predicted molar refractivity (Wildman–Crippen MR) is 55.3 cm³/mol. The van der Waals surface area contributed by atoms with Gasteiger partial charge in [0.15, 0.2) is 0 Å². The van der Waals surface area contributed by atoms with Crippen LogP contribution in [0.4, 0.5) is 5.69 Å². The molecule has 0 aliphatic heterocycles. The third-order valence-corrected chi connectivity index (χ3v) is 2.03. The Bertz CT molecular complexity index is 252. The minimum Gasteiger partial charge on any atom is -0.396 e. The van der Waals surface area contributed by atoms with E-state index in [1.807, 2.05) is 10.9 Å². The molecule has 1 atom stereocenters. The van der Waals surface area contributed by atoms with Crippen molar-refractivity contribution in [2.45, 2.75) is 33.7 Å². The van der Waals surface area contributed by atoms with Gasteiger partial charge in [-0.25, -0.2) is 0 Å². The highest BCUT2D eigenvalue weighted by atomic mass is 15.3. The number of nitrogen functional groups attached to an aromatic ring is 1. The van der Waals surface area contributed by atoms with Crippen molar-refractivity contribution < 1.29 is 0 Å². The zero-order valence-corrected chi connectivity index (χ0v) is 8.70. The molecule has 0 spiro atoms. The van der Waals surface area contributed by atoms with Crippen LogP contribution in [0.1, 0.15) is 27.2 Å². The number of hydrogen-bond donors (Lipinski definition) is 1. The van der Waals surface area contributed by atoms with Crippen molar-refractivity contribution >= 4 is 5.69 Å². The first kappa shape index (κ1) is 10.1. The highest BCUT2D eigenvalue weighted by molar-refractivity contribution is 5.30. The molecule has 1 aromatic rings. The summed E-state index contributed by atoms with van der Waals surface area (Å²) >= 11 is 0. The van der Waals surface area contributed by atoms with Gasteiger partial charge in [-0.1, -0.05) is 20.8 Å². The topological polar surface area (TPSA) is 43.8 Å². The molecule has 0 radical (unpaired) electrons. The first-order valence-corrected chi connectivity index (χ1v) is 4.86. The van der Waals surface area contributed by atoms with E-state index in [2.05, 4.69) is 25.9 Å². The third-order valence-electron chi connectivity index (χ3n) is 2.03. The van der Waals surface area contributed by atoms with E-state index in [9.17, 15) is 0 Å². The van der Waals surface area contributed by atoms with Crippen LogP contribution in [0.2, 0.25) is 0 Å². The Balaban J connectivity index is 2.40. The first-order valence-electron chi connectivity index (χ1n) is 4.86. The van der Waals surface area contributed by atoms with E-state index in [1.54, 1.807) is 6.20 Å². The van der Waals surface area contributed by atoms with E-state index >= 15 is 0 Å². The molecular weight excluding hydrogens is 162 g/mol. The maximum Gasteiger partial charge on any atom is 0.0719 e. The van der Waals surface area contributed by atoms with E-state index < -0.39 is 0 Å². The van der Waals surface area contributed by atoms with Gasteiger partial charge in [0, 0.05) is 12.7 Å². The molecule has 3 nitrogen and oxygen atoms in total. The van der Waals surface area contributed by atoms with E-state index in [1.165, 1.54) is 6.42 Å². The summed E-state index contributed by atoms with van der Waals surface area (Å²) in [5.74, 6) is 1.42. The molecule has 0 aromatic carbocycles. The second-order valence-electron chi connectivity index (χ2n) is 4.23. The van der Waals surface area contributed by atoms with Gasteiger partial charge >= 0.3 is 0 Å². The molecule has 1 aromatic heterocycles. The summed E-state index contributed by atoms with van der Waals surface area (Å²) in [6, 6.07) is 0. The normalized spacial score (nSPS) is 13.5. The highest BCUT2D eigenvalue weighted by Crippen LogP contribution is 2.13. The summed E-state index contributed by atoms with van der Waals surface area (Å²) in [4.78, 5) is 0. The molecule has 0 saturated heterocycles. The van der Waals surface area contributed by atoms with Crippen LogP contribution in [-0.4, -0.2) is 9.78 Å². The Morgan fingerprint density at radius 3 is 2.62 bits per heavy atom. The Morgan fingerprint density at radius 2 is 2.15 bits per heavy atom. The van der Waals surface area contributed by atoms with Crippen molar-refractivity contribution in [2.24, 2.45) is 11.8 Å². The molecule has 0 saturated carbocycles. The van der Waals surface area contributed by atoms with Crippen molar-refractivity contribution in [3.8, 4) is 0 Å². The van der Waals surface area contributed by atoms with Gasteiger partial charge in [-0.15, -0.1) is 0 Å². The molecule has 2 N–H and O–H groups in total. The van der Waals surface area contributed by atoms with Crippen LogP contribution in [0.25, 0.3) is 0 Å². The van der Waals surface area contributed by atoms with E-state index in [0.29, 0.717) is 5.92 Å². The quantitative estimate of drug-likeness (QED) is 0.773. The Labute approximate surface area is 79.9 Å². The summed E-state index contributed by atoms with van der Waals surface area (Å²) in [6.45, 7) is 7.70. The molecule has 1 heterocycles. The minimum atomic E-state index is 0.666. The zero-order chi connectivity index (χ0) is 9.84. The van der Waals surface area contributed by atoms with Gasteiger partial charge in [-0.3, -0.25) is 4.68 Å². The van der Waals surface area contributed by atoms with Crippen molar-refractivity contribution in [3.63, 3.8) is 0 Å². The molecule has 74 valence electrons. The summed E-state index contributed by atoms with van der Waals surface area (Å²) in [5.41, 5.74) is 6.32. The van der Waals surface area contributed by atoms with Gasteiger partial charge in [0.05, 0.1) is 11.9 Å². The fraction of sp³-hybridized carbons (Fsp3) is 0.700. The van der Waals surface area contributed by atoms with Gasteiger partial charge in [-0.2, -0.15) is 5.10 Å². The number of nitrogens with two attached hydrogens (primary N) is 1. The zero-order valence-electron chi connectivity index (χ0n) is 8.70. The molecule has 0 fully saturated rings. The summed E-state index contributed by atoms with van der Waals surface area (Å²) in [6.07, 6.45) is 4.82. The molecule has 1 unspecified atom stereocenters. The van der Waals surface area contributed by atoms with Crippen LogP contribution < -0.4 is 5.73 Å². The SMILES string of the molecule is CC(C)CC(C)Cn1cc(N)cn1. The standard InChI is InChI=1S/C10H19N3/c1-8(2)4-9(3)6-13-7-10(11)5-12-13/h5,7-9H,4,6,11H2,1-3H3. The molecule has 0 aliphatic rings. The van der Waals surface area contributed by atoms with Crippen LogP contribution in [0, 0.1) is 11.8 Å².